The predicted molar refractivity (Wildman–Crippen MR) is 58.4 cm³/mol. The van der Waals surface area contributed by atoms with Crippen LogP contribution in [0.5, 0.6) is 0 Å². The van der Waals surface area contributed by atoms with Gasteiger partial charge in [-0.1, -0.05) is 25.6 Å². The highest BCUT2D eigenvalue weighted by Crippen LogP contribution is 2.07. The number of allylic oxidation sites excluding steroid dienone is 2. The van der Waals surface area contributed by atoms with E-state index in [0.717, 1.165) is 0 Å². The predicted octanol–water partition coefficient (Wildman–Crippen LogP) is 3.13. The van der Waals surface area contributed by atoms with Gasteiger partial charge in [0.05, 0.1) is 0 Å². The van der Waals surface area contributed by atoms with Crippen LogP contribution in [0, 0.1) is 11.5 Å². The van der Waals surface area contributed by atoms with E-state index in [1.807, 2.05) is 6.08 Å². The van der Waals surface area contributed by atoms with E-state index in [1.165, 1.54) is 4.91 Å². The number of thioether (sulfide) groups is 1. The molecule has 0 aromatic rings. The third-order valence-corrected chi connectivity index (χ3v) is 2.70. The second-order valence-corrected chi connectivity index (χ2v) is 9.28. The first-order chi connectivity index (χ1) is 4.95. The molecule has 2 heteroatoms. The van der Waals surface area contributed by atoms with Gasteiger partial charge >= 0.3 is 0 Å². The van der Waals surface area contributed by atoms with Crippen LogP contribution in [0.25, 0.3) is 0 Å². The van der Waals surface area contributed by atoms with Gasteiger partial charge in [-0.2, -0.15) is 0 Å². The maximum Gasteiger partial charge on any atom is 0.129 e. The summed E-state index contributed by atoms with van der Waals surface area (Å²) >= 11 is 1.75. The maximum atomic E-state index is 3.29. The molecular weight excluding hydrogens is 168 g/mol. The highest BCUT2D eigenvalue weighted by atomic mass is 32.2. The first-order valence-corrected chi connectivity index (χ1v) is 8.41. The van der Waals surface area contributed by atoms with Crippen LogP contribution in [-0.2, 0) is 0 Å². The van der Waals surface area contributed by atoms with Crippen molar-refractivity contribution in [2.45, 2.75) is 26.6 Å². The van der Waals surface area contributed by atoms with Crippen LogP contribution < -0.4 is 0 Å². The topological polar surface area (TPSA) is 0 Å². The SMILES string of the molecule is CS/C(C)=C/C#C[Si](C)(C)C. The van der Waals surface area contributed by atoms with Crippen LogP contribution >= 0.6 is 11.8 Å². The van der Waals surface area contributed by atoms with E-state index in [1.54, 1.807) is 11.8 Å². The fourth-order valence-electron chi connectivity index (χ4n) is 0.413. The van der Waals surface area contributed by atoms with Crippen LogP contribution in [-0.4, -0.2) is 14.3 Å². The summed E-state index contributed by atoms with van der Waals surface area (Å²) in [6, 6.07) is 0. The molecule has 0 heterocycles. The molecule has 0 aliphatic rings. The fraction of sp³-hybridized carbons (Fsp3) is 0.556. The lowest BCUT2D eigenvalue weighted by Crippen LogP contribution is -2.16. The van der Waals surface area contributed by atoms with Gasteiger partial charge < -0.3 is 0 Å². The van der Waals surface area contributed by atoms with Crippen molar-refractivity contribution in [1.29, 1.82) is 0 Å². The number of hydrogen-bond acceptors (Lipinski definition) is 1. The third-order valence-electron chi connectivity index (χ3n) is 1.04. The highest BCUT2D eigenvalue weighted by molar-refractivity contribution is 8.02. The zero-order chi connectivity index (χ0) is 8.91. The lowest BCUT2D eigenvalue weighted by atomic mass is 10.5. The zero-order valence-corrected chi connectivity index (χ0v) is 9.80. The molecule has 0 saturated heterocycles. The van der Waals surface area contributed by atoms with Gasteiger partial charge in [0.15, 0.2) is 0 Å². The Labute approximate surface area is 75.5 Å². The molecule has 0 fully saturated rings. The Bertz CT molecular complexity index is 200. The van der Waals surface area contributed by atoms with Crippen molar-refractivity contribution in [2.24, 2.45) is 0 Å². The Hall–Kier alpha value is -0.133. The molecule has 0 rings (SSSR count). The quantitative estimate of drug-likeness (QED) is 0.446. The minimum atomic E-state index is -1.15. The molecular formula is C9H16SSi. The normalized spacial score (nSPS) is 12.3. The Kier molecular flexibility index (Phi) is 4.63. The molecule has 0 aliphatic heterocycles. The Morgan fingerprint density at radius 2 is 1.91 bits per heavy atom. The second-order valence-electron chi connectivity index (χ2n) is 3.48. The zero-order valence-electron chi connectivity index (χ0n) is 7.99. The molecule has 0 nitrogen and oxygen atoms in total. The molecule has 0 aromatic carbocycles. The van der Waals surface area contributed by atoms with Crippen molar-refractivity contribution in [1.82, 2.24) is 0 Å². The van der Waals surface area contributed by atoms with Crippen LogP contribution in [0.1, 0.15) is 6.92 Å². The summed E-state index contributed by atoms with van der Waals surface area (Å²) < 4.78 is 0. The summed E-state index contributed by atoms with van der Waals surface area (Å²) in [6.07, 6.45) is 4.07. The van der Waals surface area contributed by atoms with Crippen LogP contribution in [0.3, 0.4) is 0 Å². The average Bonchev–Trinajstić information content (AvgIpc) is 1.85. The first-order valence-electron chi connectivity index (χ1n) is 3.69. The van der Waals surface area contributed by atoms with E-state index in [9.17, 15) is 0 Å². The molecule has 0 bridgehead atoms. The number of hydrogen-bond donors (Lipinski definition) is 0. The summed E-state index contributed by atoms with van der Waals surface area (Å²) in [5.74, 6) is 3.10. The Balaban J connectivity index is 4.11. The lowest BCUT2D eigenvalue weighted by Gasteiger charge is -2.02. The van der Waals surface area contributed by atoms with Crippen LogP contribution in [0.4, 0.5) is 0 Å². The summed E-state index contributed by atoms with van der Waals surface area (Å²) in [5.41, 5.74) is 3.29. The second kappa shape index (κ2) is 4.69. The van der Waals surface area contributed by atoms with Gasteiger partial charge in [0.2, 0.25) is 0 Å². The van der Waals surface area contributed by atoms with Gasteiger partial charge in [-0.25, -0.2) is 0 Å². The van der Waals surface area contributed by atoms with Crippen molar-refractivity contribution < 1.29 is 0 Å². The summed E-state index contributed by atoms with van der Waals surface area (Å²) in [4.78, 5) is 1.29. The summed E-state index contributed by atoms with van der Waals surface area (Å²) in [7, 11) is -1.15. The smallest absolute Gasteiger partial charge is 0.129 e. The minimum absolute atomic E-state index is 1.15. The standard InChI is InChI=1S/C9H16SSi/c1-9(10-2)7-6-8-11(3,4)5/h7H,1-5H3/b9-7+. The summed E-state index contributed by atoms with van der Waals surface area (Å²) in [5, 5.41) is 0. The van der Waals surface area contributed by atoms with Gasteiger partial charge in [0.25, 0.3) is 0 Å². The molecule has 0 amide bonds. The van der Waals surface area contributed by atoms with E-state index in [4.69, 9.17) is 0 Å². The van der Waals surface area contributed by atoms with Crippen molar-refractivity contribution in [2.75, 3.05) is 6.26 Å². The van der Waals surface area contributed by atoms with E-state index in [-0.39, 0.29) is 0 Å². The lowest BCUT2D eigenvalue weighted by molar-refractivity contribution is 1.69. The van der Waals surface area contributed by atoms with Crippen LogP contribution in [0.15, 0.2) is 11.0 Å². The van der Waals surface area contributed by atoms with E-state index in [2.05, 4.69) is 44.3 Å². The molecule has 0 saturated carbocycles. The van der Waals surface area contributed by atoms with Gasteiger partial charge in [-0.05, 0) is 24.2 Å². The van der Waals surface area contributed by atoms with E-state index < -0.39 is 8.07 Å². The third kappa shape index (κ3) is 7.77. The monoisotopic (exact) mass is 184 g/mol. The molecule has 0 spiro atoms. The largest absolute Gasteiger partial charge is 0.134 e. The molecule has 0 N–H and O–H groups in total. The fourth-order valence-corrected chi connectivity index (χ4v) is 1.10. The van der Waals surface area contributed by atoms with Gasteiger partial charge in [-0.15, -0.1) is 17.3 Å². The molecule has 0 aromatic heterocycles. The minimum Gasteiger partial charge on any atom is -0.134 e. The Morgan fingerprint density at radius 1 is 1.36 bits per heavy atom. The van der Waals surface area contributed by atoms with Crippen molar-refractivity contribution in [3.63, 3.8) is 0 Å². The van der Waals surface area contributed by atoms with Crippen molar-refractivity contribution >= 4 is 19.8 Å². The first kappa shape index (κ1) is 10.9. The molecule has 0 aliphatic carbocycles. The molecule has 62 valence electrons. The maximum absolute atomic E-state index is 3.29. The van der Waals surface area contributed by atoms with Gasteiger partial charge in [0, 0.05) is 0 Å². The summed E-state index contributed by atoms with van der Waals surface area (Å²) in [6.45, 7) is 8.84. The highest BCUT2D eigenvalue weighted by Gasteiger charge is 2.06. The number of rotatable bonds is 1. The van der Waals surface area contributed by atoms with E-state index in [0.29, 0.717) is 0 Å². The molecule has 0 radical (unpaired) electrons. The Morgan fingerprint density at radius 3 is 2.27 bits per heavy atom. The molecule has 0 atom stereocenters. The average molecular weight is 184 g/mol. The molecule has 11 heavy (non-hydrogen) atoms. The van der Waals surface area contributed by atoms with Gasteiger partial charge in [0.1, 0.15) is 8.07 Å². The van der Waals surface area contributed by atoms with Crippen LogP contribution in [0.2, 0.25) is 19.6 Å². The molecule has 0 unspecified atom stereocenters. The van der Waals surface area contributed by atoms with Crippen molar-refractivity contribution in [3.8, 4) is 11.5 Å². The van der Waals surface area contributed by atoms with Gasteiger partial charge in [-0.3, -0.25) is 0 Å². The van der Waals surface area contributed by atoms with E-state index >= 15 is 0 Å². The van der Waals surface area contributed by atoms with Crippen molar-refractivity contribution in [3.05, 3.63) is 11.0 Å².